The fraction of sp³-hybridized carbons (Fsp3) is 0.412. The largest absolute Gasteiger partial charge is 0.336 e. The number of nitrogens with two attached hydrogens (primary N) is 1. The van der Waals surface area contributed by atoms with Crippen molar-refractivity contribution in [3.63, 3.8) is 0 Å². The zero-order chi connectivity index (χ0) is 15.7. The van der Waals surface area contributed by atoms with Gasteiger partial charge in [-0.1, -0.05) is 12.1 Å². The molecule has 1 amide bonds. The maximum atomic E-state index is 12.8. The number of benzene rings is 1. The summed E-state index contributed by atoms with van der Waals surface area (Å²) >= 11 is 1.61. The highest BCUT2D eigenvalue weighted by atomic mass is 32.1. The lowest BCUT2D eigenvalue weighted by molar-refractivity contribution is 0.0743. The molecule has 2 heterocycles. The molecule has 1 saturated heterocycles. The number of aromatic nitrogens is 1. The van der Waals surface area contributed by atoms with Crippen LogP contribution in [0.5, 0.6) is 0 Å². The van der Waals surface area contributed by atoms with E-state index >= 15 is 0 Å². The van der Waals surface area contributed by atoms with Crippen molar-refractivity contribution < 1.29 is 4.79 Å². The fourth-order valence-electron chi connectivity index (χ4n) is 3.03. The summed E-state index contributed by atoms with van der Waals surface area (Å²) in [6.45, 7) is 5.49. The van der Waals surface area contributed by atoms with Gasteiger partial charge in [0.15, 0.2) is 0 Å². The molecule has 116 valence electrons. The number of carbonyl (C=O) groups is 1. The van der Waals surface area contributed by atoms with Gasteiger partial charge in [-0.05, 0) is 44.9 Å². The van der Waals surface area contributed by atoms with Gasteiger partial charge >= 0.3 is 0 Å². The van der Waals surface area contributed by atoms with Crippen LogP contribution in [0.3, 0.4) is 0 Å². The van der Waals surface area contributed by atoms with Gasteiger partial charge in [-0.2, -0.15) is 0 Å². The van der Waals surface area contributed by atoms with Crippen LogP contribution in [0.15, 0.2) is 29.6 Å². The summed E-state index contributed by atoms with van der Waals surface area (Å²) in [5.41, 5.74) is 8.50. The lowest BCUT2D eigenvalue weighted by Crippen LogP contribution is -2.34. The molecule has 1 fully saturated rings. The van der Waals surface area contributed by atoms with Gasteiger partial charge in [0.2, 0.25) is 0 Å². The number of nitrogens with zero attached hydrogens (tertiary/aromatic N) is 2. The van der Waals surface area contributed by atoms with Gasteiger partial charge in [-0.3, -0.25) is 4.79 Å². The van der Waals surface area contributed by atoms with Crippen LogP contribution in [-0.4, -0.2) is 34.9 Å². The Morgan fingerprint density at radius 2 is 2.32 bits per heavy atom. The molecule has 2 atom stereocenters. The Morgan fingerprint density at radius 3 is 2.95 bits per heavy atom. The smallest absolute Gasteiger partial charge is 0.254 e. The number of hydrogen-bond donors (Lipinski definition) is 1. The Balaban J connectivity index is 1.84. The molecule has 0 saturated carbocycles. The van der Waals surface area contributed by atoms with Crippen molar-refractivity contribution in [1.82, 2.24) is 9.88 Å². The average Bonchev–Trinajstić information content (AvgIpc) is 3.12. The van der Waals surface area contributed by atoms with Crippen molar-refractivity contribution in [2.24, 2.45) is 11.7 Å². The highest BCUT2D eigenvalue weighted by Crippen LogP contribution is 2.27. The first-order valence-electron chi connectivity index (χ1n) is 7.62. The third kappa shape index (κ3) is 2.91. The molecule has 0 aliphatic carbocycles. The van der Waals surface area contributed by atoms with Crippen LogP contribution >= 0.6 is 11.3 Å². The van der Waals surface area contributed by atoms with Gasteiger partial charge in [-0.25, -0.2) is 4.98 Å². The van der Waals surface area contributed by atoms with Gasteiger partial charge in [-0.15, -0.1) is 11.3 Å². The van der Waals surface area contributed by atoms with Crippen LogP contribution in [0, 0.1) is 12.8 Å². The standard InChI is InChI=1S/C17H21N3OS/c1-11-10-22-16(19-11)14-4-3-5-15(7-14)17(21)20-9-13(8-18)6-12(20)2/h3-5,7,10,12-13H,6,8-9,18H2,1-2H3. The van der Waals surface area contributed by atoms with E-state index in [2.05, 4.69) is 11.9 Å². The molecule has 1 aromatic carbocycles. The number of aryl methyl sites for hydroxylation is 1. The number of rotatable bonds is 3. The van der Waals surface area contributed by atoms with Crippen molar-refractivity contribution in [2.45, 2.75) is 26.3 Å². The first-order valence-corrected chi connectivity index (χ1v) is 8.50. The van der Waals surface area contributed by atoms with Crippen LogP contribution in [0.1, 0.15) is 29.4 Å². The summed E-state index contributed by atoms with van der Waals surface area (Å²) in [6, 6.07) is 8.02. The van der Waals surface area contributed by atoms with E-state index in [1.807, 2.05) is 41.5 Å². The van der Waals surface area contributed by atoms with E-state index < -0.39 is 0 Å². The van der Waals surface area contributed by atoms with Crippen LogP contribution in [0.2, 0.25) is 0 Å². The predicted molar refractivity (Wildman–Crippen MR) is 89.9 cm³/mol. The highest BCUT2D eigenvalue weighted by Gasteiger charge is 2.32. The van der Waals surface area contributed by atoms with Gasteiger partial charge in [0.05, 0.1) is 0 Å². The van der Waals surface area contributed by atoms with Crippen molar-refractivity contribution in [3.8, 4) is 10.6 Å². The second-order valence-electron chi connectivity index (χ2n) is 6.02. The number of hydrogen-bond acceptors (Lipinski definition) is 4. The normalized spacial score (nSPS) is 21.3. The Kier molecular flexibility index (Phi) is 4.27. The molecule has 2 unspecified atom stereocenters. The van der Waals surface area contributed by atoms with Gasteiger partial charge in [0.1, 0.15) is 5.01 Å². The van der Waals surface area contributed by atoms with E-state index in [1.54, 1.807) is 11.3 Å². The number of amides is 1. The summed E-state index contributed by atoms with van der Waals surface area (Å²) in [6.07, 6.45) is 0.994. The van der Waals surface area contributed by atoms with Crippen molar-refractivity contribution in [3.05, 3.63) is 40.9 Å². The predicted octanol–water partition coefficient (Wildman–Crippen LogP) is 2.93. The van der Waals surface area contributed by atoms with E-state index in [-0.39, 0.29) is 11.9 Å². The topological polar surface area (TPSA) is 59.2 Å². The molecular weight excluding hydrogens is 294 g/mol. The summed E-state index contributed by atoms with van der Waals surface area (Å²) in [5, 5.41) is 2.99. The Bertz CT molecular complexity index is 682. The minimum Gasteiger partial charge on any atom is -0.336 e. The molecule has 1 aliphatic heterocycles. The minimum absolute atomic E-state index is 0.0959. The van der Waals surface area contributed by atoms with Gasteiger partial charge in [0.25, 0.3) is 5.91 Å². The zero-order valence-corrected chi connectivity index (χ0v) is 13.8. The summed E-state index contributed by atoms with van der Waals surface area (Å²) < 4.78 is 0. The van der Waals surface area contributed by atoms with E-state index in [0.717, 1.165) is 34.8 Å². The third-order valence-electron chi connectivity index (χ3n) is 4.23. The number of carbonyl (C=O) groups excluding carboxylic acids is 1. The van der Waals surface area contributed by atoms with E-state index in [9.17, 15) is 4.79 Å². The molecule has 0 radical (unpaired) electrons. The lowest BCUT2D eigenvalue weighted by Gasteiger charge is -2.21. The molecular formula is C17H21N3OS. The quantitative estimate of drug-likeness (QED) is 0.947. The van der Waals surface area contributed by atoms with Gasteiger partial charge < -0.3 is 10.6 Å². The van der Waals surface area contributed by atoms with Gasteiger partial charge in [0, 0.05) is 34.8 Å². The van der Waals surface area contributed by atoms with Crippen LogP contribution < -0.4 is 5.73 Å². The van der Waals surface area contributed by atoms with Crippen LogP contribution in [-0.2, 0) is 0 Å². The molecule has 4 nitrogen and oxygen atoms in total. The molecule has 22 heavy (non-hydrogen) atoms. The summed E-state index contributed by atoms with van der Waals surface area (Å²) in [7, 11) is 0. The SMILES string of the molecule is Cc1csc(-c2cccc(C(=O)N3CC(CN)CC3C)c2)n1. The number of likely N-dealkylation sites (tertiary alicyclic amines) is 1. The Morgan fingerprint density at radius 1 is 1.50 bits per heavy atom. The summed E-state index contributed by atoms with van der Waals surface area (Å²) in [5.74, 6) is 0.516. The molecule has 1 aliphatic rings. The molecule has 5 heteroatoms. The molecule has 2 aromatic rings. The van der Waals surface area contributed by atoms with Crippen molar-refractivity contribution >= 4 is 17.2 Å². The molecule has 1 aromatic heterocycles. The van der Waals surface area contributed by atoms with Crippen molar-refractivity contribution in [1.29, 1.82) is 0 Å². The monoisotopic (exact) mass is 315 g/mol. The Labute approximate surface area is 135 Å². The van der Waals surface area contributed by atoms with E-state index in [0.29, 0.717) is 12.5 Å². The van der Waals surface area contributed by atoms with Crippen LogP contribution in [0.25, 0.3) is 10.6 Å². The second kappa shape index (κ2) is 6.18. The van der Waals surface area contributed by atoms with E-state index in [1.165, 1.54) is 0 Å². The van der Waals surface area contributed by atoms with Crippen LogP contribution in [0.4, 0.5) is 0 Å². The second-order valence-corrected chi connectivity index (χ2v) is 6.88. The molecule has 0 spiro atoms. The van der Waals surface area contributed by atoms with Crippen molar-refractivity contribution in [2.75, 3.05) is 13.1 Å². The molecule has 0 bridgehead atoms. The third-order valence-corrected chi connectivity index (χ3v) is 5.24. The first kappa shape index (κ1) is 15.2. The maximum absolute atomic E-state index is 12.8. The first-order chi connectivity index (χ1) is 10.6. The lowest BCUT2D eigenvalue weighted by atomic mass is 10.1. The minimum atomic E-state index is 0.0959. The highest BCUT2D eigenvalue weighted by molar-refractivity contribution is 7.13. The molecule has 3 rings (SSSR count). The summed E-state index contributed by atoms with van der Waals surface area (Å²) in [4.78, 5) is 19.2. The van der Waals surface area contributed by atoms with E-state index in [4.69, 9.17) is 5.73 Å². The Hall–Kier alpha value is -1.72. The zero-order valence-electron chi connectivity index (χ0n) is 13.0. The fourth-order valence-corrected chi connectivity index (χ4v) is 3.83. The maximum Gasteiger partial charge on any atom is 0.254 e. The average molecular weight is 315 g/mol. The molecule has 2 N–H and O–H groups in total. The number of thiazole rings is 1.